The van der Waals surface area contributed by atoms with Crippen molar-refractivity contribution in [3.63, 3.8) is 0 Å². The van der Waals surface area contributed by atoms with Gasteiger partial charge in [-0.05, 0) is 43.0 Å². The number of carboxylic acid groups (broad SMARTS) is 1. The molecule has 0 unspecified atom stereocenters. The summed E-state index contributed by atoms with van der Waals surface area (Å²) in [6.07, 6.45) is 0.767. The van der Waals surface area contributed by atoms with E-state index in [1.807, 2.05) is 26.8 Å². The van der Waals surface area contributed by atoms with Crippen LogP contribution < -0.4 is 0 Å². The van der Waals surface area contributed by atoms with Crippen molar-refractivity contribution in [3.8, 4) is 0 Å². The van der Waals surface area contributed by atoms with Gasteiger partial charge in [-0.15, -0.1) is 0 Å². The topological polar surface area (TPSA) is 37.3 Å². The Morgan fingerprint density at radius 3 is 2.31 bits per heavy atom. The zero-order valence-corrected chi connectivity index (χ0v) is 8.22. The van der Waals surface area contributed by atoms with Crippen molar-refractivity contribution in [1.82, 2.24) is 0 Å². The smallest absolute Gasteiger partial charge is 0.335 e. The van der Waals surface area contributed by atoms with Gasteiger partial charge in [0.2, 0.25) is 0 Å². The third-order valence-electron chi connectivity index (χ3n) is 2.33. The summed E-state index contributed by atoms with van der Waals surface area (Å²) >= 11 is 0. The lowest BCUT2D eigenvalue weighted by Gasteiger charge is -2.07. The van der Waals surface area contributed by atoms with E-state index < -0.39 is 5.97 Å². The predicted octanol–water partition coefficient (Wildman–Crippen LogP) is 2.56. The van der Waals surface area contributed by atoms with Crippen LogP contribution in [0.3, 0.4) is 0 Å². The van der Waals surface area contributed by atoms with E-state index in [0.717, 1.165) is 23.1 Å². The fraction of sp³-hybridized carbons (Fsp3) is 0.364. The number of benzene rings is 1. The molecule has 0 fully saturated rings. The minimum absolute atomic E-state index is 0.436. The minimum atomic E-state index is -0.833. The Morgan fingerprint density at radius 2 is 1.85 bits per heavy atom. The molecule has 2 heteroatoms. The van der Waals surface area contributed by atoms with Crippen LogP contribution in [0.4, 0.5) is 0 Å². The third kappa shape index (κ3) is 1.89. The molecule has 1 N–H and O–H groups in total. The Hall–Kier alpha value is -1.31. The number of hydrogen-bond donors (Lipinski definition) is 1. The van der Waals surface area contributed by atoms with Crippen molar-refractivity contribution in [1.29, 1.82) is 0 Å². The van der Waals surface area contributed by atoms with E-state index in [1.54, 1.807) is 6.07 Å². The highest BCUT2D eigenvalue weighted by Crippen LogP contribution is 2.16. The van der Waals surface area contributed by atoms with E-state index in [-0.39, 0.29) is 0 Å². The van der Waals surface area contributed by atoms with Gasteiger partial charge in [0.1, 0.15) is 0 Å². The summed E-state index contributed by atoms with van der Waals surface area (Å²) in [5.74, 6) is -0.833. The largest absolute Gasteiger partial charge is 0.478 e. The number of hydrogen-bond acceptors (Lipinski definition) is 1. The van der Waals surface area contributed by atoms with E-state index in [2.05, 4.69) is 0 Å². The molecular weight excluding hydrogens is 164 g/mol. The highest BCUT2D eigenvalue weighted by Gasteiger charge is 2.09. The number of carboxylic acids is 1. The summed E-state index contributed by atoms with van der Waals surface area (Å²) < 4.78 is 0. The summed E-state index contributed by atoms with van der Waals surface area (Å²) in [7, 11) is 0. The lowest BCUT2D eigenvalue weighted by Crippen LogP contribution is -2.03. The molecule has 70 valence electrons. The van der Waals surface area contributed by atoms with Crippen LogP contribution in [0.25, 0.3) is 0 Å². The van der Waals surface area contributed by atoms with Crippen LogP contribution in [0.5, 0.6) is 0 Å². The predicted molar refractivity (Wildman–Crippen MR) is 52.3 cm³/mol. The van der Waals surface area contributed by atoms with Gasteiger partial charge >= 0.3 is 5.97 Å². The Kier molecular flexibility index (Phi) is 2.71. The summed E-state index contributed by atoms with van der Waals surface area (Å²) in [5, 5.41) is 8.91. The van der Waals surface area contributed by atoms with Gasteiger partial charge in [-0.25, -0.2) is 4.79 Å². The molecule has 0 saturated carbocycles. The van der Waals surface area contributed by atoms with Gasteiger partial charge < -0.3 is 5.11 Å². The summed E-state index contributed by atoms with van der Waals surface area (Å²) in [6, 6.07) is 3.70. The molecule has 0 amide bonds. The second-order valence-electron chi connectivity index (χ2n) is 3.25. The number of rotatable bonds is 2. The maximum atomic E-state index is 10.8. The number of aromatic carboxylic acids is 1. The molecule has 0 aliphatic rings. The molecule has 0 heterocycles. The first-order valence-electron chi connectivity index (χ1n) is 4.39. The Morgan fingerprint density at radius 1 is 1.31 bits per heavy atom. The lowest BCUT2D eigenvalue weighted by molar-refractivity contribution is 0.0695. The van der Waals surface area contributed by atoms with Crippen LogP contribution in [0.2, 0.25) is 0 Å². The Bertz CT molecular complexity index is 340. The molecule has 1 aromatic carbocycles. The van der Waals surface area contributed by atoms with Gasteiger partial charge in [0.05, 0.1) is 5.56 Å². The fourth-order valence-corrected chi connectivity index (χ4v) is 1.37. The van der Waals surface area contributed by atoms with Gasteiger partial charge in [-0.3, -0.25) is 0 Å². The minimum Gasteiger partial charge on any atom is -0.478 e. The number of carbonyl (C=O) groups is 1. The van der Waals surface area contributed by atoms with E-state index >= 15 is 0 Å². The van der Waals surface area contributed by atoms with Crippen molar-refractivity contribution in [2.45, 2.75) is 27.2 Å². The van der Waals surface area contributed by atoms with Gasteiger partial charge in [0.25, 0.3) is 0 Å². The van der Waals surface area contributed by atoms with Crippen LogP contribution in [0.15, 0.2) is 12.1 Å². The normalized spacial score (nSPS) is 10.1. The maximum absolute atomic E-state index is 10.8. The highest BCUT2D eigenvalue weighted by atomic mass is 16.4. The van der Waals surface area contributed by atoms with Gasteiger partial charge in [-0.2, -0.15) is 0 Å². The number of aryl methyl sites for hydroxylation is 3. The average Bonchev–Trinajstić information content (AvgIpc) is 2.08. The van der Waals surface area contributed by atoms with Crippen LogP contribution in [0, 0.1) is 13.8 Å². The zero-order valence-electron chi connectivity index (χ0n) is 8.22. The molecule has 0 saturated heterocycles. The van der Waals surface area contributed by atoms with Gasteiger partial charge in [0, 0.05) is 0 Å². The molecule has 0 aliphatic carbocycles. The van der Waals surface area contributed by atoms with Crippen molar-refractivity contribution < 1.29 is 9.90 Å². The quantitative estimate of drug-likeness (QED) is 0.755. The molecule has 0 aromatic heterocycles. The van der Waals surface area contributed by atoms with E-state index in [4.69, 9.17) is 5.11 Å². The first-order chi connectivity index (χ1) is 6.06. The maximum Gasteiger partial charge on any atom is 0.335 e. The highest BCUT2D eigenvalue weighted by molar-refractivity contribution is 5.89. The summed E-state index contributed by atoms with van der Waals surface area (Å²) in [5.41, 5.74) is 3.54. The fourth-order valence-electron chi connectivity index (χ4n) is 1.37. The molecule has 0 atom stereocenters. The first kappa shape index (κ1) is 9.78. The van der Waals surface area contributed by atoms with E-state index in [9.17, 15) is 4.79 Å². The molecule has 0 radical (unpaired) electrons. The molecular formula is C11H14O2. The monoisotopic (exact) mass is 178 g/mol. The summed E-state index contributed by atoms with van der Waals surface area (Å²) in [6.45, 7) is 5.90. The van der Waals surface area contributed by atoms with Gasteiger partial charge in [0.15, 0.2) is 0 Å². The lowest BCUT2D eigenvalue weighted by atomic mass is 9.98. The van der Waals surface area contributed by atoms with Crippen molar-refractivity contribution >= 4 is 5.97 Å². The standard InChI is InChI=1S/C11H14O2/c1-4-9-5-7(2)8(3)6-10(9)11(12)13/h5-6H,4H2,1-3H3,(H,12,13). The molecule has 0 bridgehead atoms. The van der Waals surface area contributed by atoms with Crippen LogP contribution in [-0.4, -0.2) is 11.1 Å². The molecule has 0 aliphatic heterocycles. The third-order valence-corrected chi connectivity index (χ3v) is 2.33. The summed E-state index contributed by atoms with van der Waals surface area (Å²) in [4.78, 5) is 10.8. The molecule has 1 rings (SSSR count). The molecule has 1 aromatic rings. The zero-order chi connectivity index (χ0) is 10.0. The van der Waals surface area contributed by atoms with Crippen LogP contribution in [0.1, 0.15) is 34.0 Å². The van der Waals surface area contributed by atoms with E-state index in [1.165, 1.54) is 0 Å². The Balaban J connectivity index is 3.33. The van der Waals surface area contributed by atoms with Crippen molar-refractivity contribution in [3.05, 3.63) is 34.4 Å². The first-order valence-corrected chi connectivity index (χ1v) is 4.39. The molecule has 13 heavy (non-hydrogen) atoms. The van der Waals surface area contributed by atoms with Gasteiger partial charge in [-0.1, -0.05) is 13.0 Å². The second-order valence-corrected chi connectivity index (χ2v) is 3.25. The molecule has 2 nitrogen and oxygen atoms in total. The SMILES string of the molecule is CCc1cc(C)c(C)cc1C(=O)O. The van der Waals surface area contributed by atoms with Crippen molar-refractivity contribution in [2.75, 3.05) is 0 Å². The average molecular weight is 178 g/mol. The van der Waals surface area contributed by atoms with Crippen molar-refractivity contribution in [2.24, 2.45) is 0 Å². The molecule has 0 spiro atoms. The second kappa shape index (κ2) is 3.60. The van der Waals surface area contributed by atoms with E-state index in [0.29, 0.717) is 5.56 Å². The van der Waals surface area contributed by atoms with Crippen LogP contribution >= 0.6 is 0 Å². The Labute approximate surface area is 78.2 Å². The van der Waals surface area contributed by atoms with Crippen LogP contribution in [-0.2, 0) is 6.42 Å².